The number of ether oxygens (including phenoxy) is 1. The number of halogens is 1. The van der Waals surface area contributed by atoms with Crippen molar-refractivity contribution in [3.8, 4) is 5.75 Å². The number of hydrogen-bond acceptors (Lipinski definition) is 4. The predicted octanol–water partition coefficient (Wildman–Crippen LogP) is 1.60. The van der Waals surface area contributed by atoms with Gasteiger partial charge in [-0.15, -0.1) is 0 Å². The molecular weight excluding hydrogens is 317 g/mol. The van der Waals surface area contributed by atoms with Gasteiger partial charge in [-0.05, 0) is 35.7 Å². The molecule has 88 valence electrons. The van der Waals surface area contributed by atoms with Crippen molar-refractivity contribution in [3.05, 3.63) is 18.3 Å². The predicted molar refractivity (Wildman–Crippen MR) is 73.5 cm³/mol. The second kappa shape index (κ2) is 5.67. The van der Waals surface area contributed by atoms with E-state index < -0.39 is 0 Å². The Hall–Kier alpha value is -0.560. The third-order valence-electron chi connectivity index (χ3n) is 2.77. The van der Waals surface area contributed by atoms with Crippen molar-refractivity contribution in [3.63, 3.8) is 0 Å². The Morgan fingerprint density at radius 2 is 2.12 bits per heavy atom. The van der Waals surface area contributed by atoms with Crippen LogP contribution in [0.3, 0.4) is 0 Å². The molecule has 16 heavy (non-hydrogen) atoms. The number of rotatable bonds is 3. The van der Waals surface area contributed by atoms with Crippen LogP contribution in [-0.4, -0.2) is 47.7 Å². The van der Waals surface area contributed by atoms with Crippen LogP contribution < -0.4 is 9.64 Å². The topological polar surface area (TPSA) is 28.6 Å². The zero-order valence-corrected chi connectivity index (χ0v) is 11.6. The van der Waals surface area contributed by atoms with Crippen molar-refractivity contribution in [2.24, 2.45) is 0 Å². The molecule has 0 spiro atoms. The summed E-state index contributed by atoms with van der Waals surface area (Å²) in [6, 6.07) is 3.92. The molecule has 5 heteroatoms. The monoisotopic (exact) mass is 333 g/mol. The third-order valence-corrected chi connectivity index (χ3v) is 3.08. The van der Waals surface area contributed by atoms with Gasteiger partial charge in [-0.25, -0.2) is 4.98 Å². The van der Waals surface area contributed by atoms with E-state index >= 15 is 0 Å². The summed E-state index contributed by atoms with van der Waals surface area (Å²) in [7, 11) is 2.15. The fourth-order valence-corrected chi connectivity index (χ4v) is 2.12. The fourth-order valence-electron chi connectivity index (χ4n) is 1.76. The average molecular weight is 333 g/mol. The van der Waals surface area contributed by atoms with E-state index in [-0.39, 0.29) is 0 Å². The van der Waals surface area contributed by atoms with Crippen molar-refractivity contribution in [2.45, 2.75) is 0 Å². The van der Waals surface area contributed by atoms with E-state index in [1.165, 1.54) is 0 Å². The van der Waals surface area contributed by atoms with Gasteiger partial charge in [0.1, 0.15) is 16.2 Å². The van der Waals surface area contributed by atoms with E-state index in [2.05, 4.69) is 44.4 Å². The molecule has 0 bridgehead atoms. The Labute approximate surface area is 110 Å². The molecule has 0 N–H and O–H groups in total. The quantitative estimate of drug-likeness (QED) is 0.621. The van der Waals surface area contributed by atoms with Crippen LogP contribution in [0.1, 0.15) is 0 Å². The molecule has 0 unspecified atom stereocenters. The molecule has 0 saturated carbocycles. The molecule has 0 aliphatic carbocycles. The lowest BCUT2D eigenvalue weighted by Crippen LogP contribution is -2.44. The lowest BCUT2D eigenvalue weighted by atomic mass is 10.3. The van der Waals surface area contributed by atoms with Crippen molar-refractivity contribution < 1.29 is 4.74 Å². The number of piperazine rings is 1. The number of aromatic nitrogens is 1. The van der Waals surface area contributed by atoms with Gasteiger partial charge in [0.25, 0.3) is 0 Å². The highest BCUT2D eigenvalue weighted by atomic mass is 127. The van der Waals surface area contributed by atoms with Gasteiger partial charge in [0.2, 0.25) is 0 Å². The fraction of sp³-hybridized carbons (Fsp3) is 0.545. The van der Waals surface area contributed by atoms with Crippen LogP contribution in [0.5, 0.6) is 5.75 Å². The Morgan fingerprint density at radius 3 is 2.81 bits per heavy atom. The first-order valence-electron chi connectivity index (χ1n) is 5.38. The van der Waals surface area contributed by atoms with Crippen LogP contribution in [0, 0.1) is 0 Å². The van der Waals surface area contributed by atoms with Crippen LogP contribution in [-0.2, 0) is 0 Å². The maximum atomic E-state index is 5.47. The zero-order valence-electron chi connectivity index (χ0n) is 9.40. The molecule has 0 radical (unpaired) electrons. The molecule has 1 aromatic heterocycles. The second-order valence-electron chi connectivity index (χ2n) is 3.89. The third kappa shape index (κ3) is 2.98. The first-order valence-corrected chi connectivity index (χ1v) is 6.90. The highest BCUT2D eigenvalue weighted by molar-refractivity contribution is 14.1. The first-order chi connectivity index (χ1) is 7.79. The van der Waals surface area contributed by atoms with E-state index in [4.69, 9.17) is 4.74 Å². The van der Waals surface area contributed by atoms with Crippen molar-refractivity contribution in [1.29, 1.82) is 0 Å². The van der Waals surface area contributed by atoms with Crippen molar-refractivity contribution >= 4 is 28.4 Å². The van der Waals surface area contributed by atoms with Gasteiger partial charge in [0.05, 0.1) is 0 Å². The Kier molecular flexibility index (Phi) is 4.22. The summed E-state index contributed by atoms with van der Waals surface area (Å²) in [6.07, 6.45) is 1.81. The number of alkyl halides is 1. The lowest BCUT2D eigenvalue weighted by molar-refractivity contribution is 0.312. The summed E-state index contributed by atoms with van der Waals surface area (Å²) in [5.41, 5.74) is 0. The molecule has 2 heterocycles. The first kappa shape index (κ1) is 11.9. The van der Waals surface area contributed by atoms with Gasteiger partial charge in [-0.2, -0.15) is 0 Å². The normalized spacial score (nSPS) is 17.5. The van der Waals surface area contributed by atoms with Crippen LogP contribution >= 0.6 is 22.6 Å². The molecule has 1 aliphatic rings. The van der Waals surface area contributed by atoms with Gasteiger partial charge in [-0.3, -0.25) is 0 Å². The highest BCUT2D eigenvalue weighted by Crippen LogP contribution is 2.19. The van der Waals surface area contributed by atoms with Crippen molar-refractivity contribution in [2.75, 3.05) is 42.7 Å². The van der Waals surface area contributed by atoms with Crippen molar-refractivity contribution in [1.82, 2.24) is 9.88 Å². The highest BCUT2D eigenvalue weighted by Gasteiger charge is 2.15. The van der Waals surface area contributed by atoms with Crippen LogP contribution in [0.2, 0.25) is 0 Å². The smallest absolute Gasteiger partial charge is 0.139 e. The number of nitrogens with zero attached hydrogens (tertiary/aromatic N) is 3. The van der Waals surface area contributed by atoms with Gasteiger partial charge >= 0.3 is 0 Å². The summed E-state index contributed by atoms with van der Waals surface area (Å²) in [4.78, 5) is 9.04. The number of pyridine rings is 1. The number of likely N-dealkylation sites (N-methyl/N-ethyl adjacent to an activating group) is 1. The molecular formula is C11H16IN3O. The molecule has 1 saturated heterocycles. The SMILES string of the molecule is CN1CCN(c2cc(OCI)ccn2)CC1. The molecule has 1 aromatic rings. The summed E-state index contributed by atoms with van der Waals surface area (Å²) in [5.74, 6) is 1.92. The summed E-state index contributed by atoms with van der Waals surface area (Å²) < 4.78 is 6.14. The Bertz CT molecular complexity index is 340. The number of hydrogen-bond donors (Lipinski definition) is 0. The summed E-state index contributed by atoms with van der Waals surface area (Å²) >= 11 is 2.20. The van der Waals surface area contributed by atoms with Gasteiger partial charge in [-0.1, -0.05) is 0 Å². The molecule has 4 nitrogen and oxygen atoms in total. The zero-order chi connectivity index (χ0) is 11.4. The minimum absolute atomic E-state index is 0.671. The molecule has 0 amide bonds. The van der Waals surface area contributed by atoms with Gasteiger partial charge in [0.15, 0.2) is 0 Å². The van der Waals surface area contributed by atoms with Crippen LogP contribution in [0.4, 0.5) is 5.82 Å². The molecule has 1 fully saturated rings. The largest absolute Gasteiger partial charge is 0.483 e. The molecule has 0 atom stereocenters. The van der Waals surface area contributed by atoms with Crippen LogP contribution in [0.15, 0.2) is 18.3 Å². The maximum Gasteiger partial charge on any atom is 0.139 e. The molecule has 2 rings (SSSR count). The summed E-state index contributed by atoms with van der Waals surface area (Å²) in [5, 5.41) is 0. The van der Waals surface area contributed by atoms with Crippen LogP contribution in [0.25, 0.3) is 0 Å². The van der Waals surface area contributed by atoms with Gasteiger partial charge < -0.3 is 14.5 Å². The minimum Gasteiger partial charge on any atom is -0.483 e. The summed E-state index contributed by atoms with van der Waals surface area (Å²) in [6.45, 7) is 4.27. The standard InChI is InChI=1S/C11H16IN3O/c1-14-4-6-15(7-5-14)11-8-10(16-9-12)2-3-13-11/h2-3,8H,4-7,9H2,1H3. The molecule has 0 aromatic carbocycles. The maximum absolute atomic E-state index is 5.47. The minimum atomic E-state index is 0.671. The average Bonchev–Trinajstić information content (AvgIpc) is 2.31. The van der Waals surface area contributed by atoms with E-state index in [0.717, 1.165) is 37.7 Å². The van der Waals surface area contributed by atoms with E-state index in [9.17, 15) is 0 Å². The Morgan fingerprint density at radius 1 is 1.38 bits per heavy atom. The van der Waals surface area contributed by atoms with E-state index in [0.29, 0.717) is 4.61 Å². The molecule has 1 aliphatic heterocycles. The number of anilines is 1. The second-order valence-corrected chi connectivity index (χ2v) is 4.52. The lowest BCUT2D eigenvalue weighted by Gasteiger charge is -2.33. The van der Waals surface area contributed by atoms with E-state index in [1.807, 2.05) is 18.3 Å². The Balaban J connectivity index is 2.05. The van der Waals surface area contributed by atoms with Gasteiger partial charge in [0, 0.05) is 38.4 Å². The van der Waals surface area contributed by atoms with E-state index in [1.54, 1.807) is 0 Å².